The standard InChI is InChI=1S/C34H43BFN2O2P/c1-9-21(2)16-17-22(3)19-38(33(39)40-34(6,7)8)20-28-24(5)37-31(18-30(28)36)27-14-10-13-26(32(27)41)25-12-11-15-29(35)23(25)4/h10-15,18,22H,2,9,16-17,19-20,41H2,1,3-8H3. The molecule has 4 nitrogen and oxygen atoms in total. The van der Waals surface area contributed by atoms with Crippen LogP contribution in [0.4, 0.5) is 9.18 Å². The molecule has 3 aromatic rings. The van der Waals surface area contributed by atoms with E-state index in [1.165, 1.54) is 11.6 Å². The summed E-state index contributed by atoms with van der Waals surface area (Å²) < 4.78 is 21.5. The van der Waals surface area contributed by atoms with Crippen LogP contribution in [0.2, 0.25) is 0 Å². The third kappa shape index (κ3) is 8.52. The first-order valence-electron chi connectivity index (χ1n) is 14.3. The van der Waals surface area contributed by atoms with Crippen LogP contribution in [0.5, 0.6) is 0 Å². The van der Waals surface area contributed by atoms with Gasteiger partial charge in [-0.3, -0.25) is 4.98 Å². The Kier molecular flexibility index (Phi) is 10.9. The molecule has 7 heteroatoms. The van der Waals surface area contributed by atoms with E-state index in [4.69, 9.17) is 17.6 Å². The van der Waals surface area contributed by atoms with Crippen LogP contribution < -0.4 is 10.8 Å². The molecule has 2 radical (unpaired) electrons. The van der Waals surface area contributed by atoms with Gasteiger partial charge in [-0.1, -0.05) is 73.4 Å². The number of hydrogen-bond donors (Lipinski definition) is 0. The molecule has 2 unspecified atom stereocenters. The minimum absolute atomic E-state index is 0.0786. The molecule has 0 aliphatic rings. The van der Waals surface area contributed by atoms with Gasteiger partial charge in [0.2, 0.25) is 0 Å². The summed E-state index contributed by atoms with van der Waals surface area (Å²) in [5, 5.41) is 0.915. The molecule has 0 bridgehead atoms. The summed E-state index contributed by atoms with van der Waals surface area (Å²) in [6.07, 6.45) is 2.27. The quantitative estimate of drug-likeness (QED) is 0.143. The van der Waals surface area contributed by atoms with Crippen LogP contribution in [0, 0.1) is 25.6 Å². The predicted molar refractivity (Wildman–Crippen MR) is 174 cm³/mol. The van der Waals surface area contributed by atoms with Crippen LogP contribution in [0.25, 0.3) is 22.4 Å². The van der Waals surface area contributed by atoms with Crippen molar-refractivity contribution >= 4 is 33.9 Å². The topological polar surface area (TPSA) is 42.4 Å². The first-order valence-corrected chi connectivity index (χ1v) is 14.8. The Labute approximate surface area is 249 Å². The summed E-state index contributed by atoms with van der Waals surface area (Å²) in [7, 11) is 8.95. The number of carbonyl (C=O) groups is 1. The van der Waals surface area contributed by atoms with E-state index in [0.29, 0.717) is 23.5 Å². The second-order valence-corrected chi connectivity index (χ2v) is 12.5. The van der Waals surface area contributed by atoms with Gasteiger partial charge in [-0.2, -0.15) is 0 Å². The number of allylic oxidation sites excluding steroid dienone is 1. The van der Waals surface area contributed by atoms with Gasteiger partial charge in [0.25, 0.3) is 0 Å². The Hall–Kier alpha value is -2.98. The SMILES string of the molecule is [B]c1cccc(-c2cccc(-c3cc(F)c(CN(CC(C)CCC(=C)CC)C(=O)OC(C)(C)C)c(C)n3)c2P)c1C. The van der Waals surface area contributed by atoms with Gasteiger partial charge in [0, 0.05) is 29.4 Å². The van der Waals surface area contributed by atoms with Crippen LogP contribution in [-0.4, -0.2) is 36.0 Å². The lowest BCUT2D eigenvalue weighted by Gasteiger charge is -2.30. The number of nitrogens with zero attached hydrogens (tertiary/aromatic N) is 2. The van der Waals surface area contributed by atoms with Crippen LogP contribution in [0.15, 0.2) is 54.6 Å². The van der Waals surface area contributed by atoms with E-state index < -0.39 is 17.5 Å². The van der Waals surface area contributed by atoms with Crippen molar-refractivity contribution in [1.82, 2.24) is 9.88 Å². The zero-order valence-electron chi connectivity index (χ0n) is 25.6. The fourth-order valence-electron chi connectivity index (χ4n) is 4.77. The number of carbonyl (C=O) groups excluding carboxylic acids is 1. The number of aromatic nitrogens is 1. The molecule has 1 aromatic heterocycles. The van der Waals surface area contributed by atoms with Crippen LogP contribution in [0.3, 0.4) is 0 Å². The molecule has 1 heterocycles. The number of pyridine rings is 1. The number of amides is 1. The Balaban J connectivity index is 1.94. The van der Waals surface area contributed by atoms with Crippen molar-refractivity contribution in [3.63, 3.8) is 0 Å². The second-order valence-electron chi connectivity index (χ2n) is 11.9. The molecule has 2 aromatic carbocycles. The Bertz CT molecular complexity index is 1390. The summed E-state index contributed by atoms with van der Waals surface area (Å²) in [6.45, 7) is 18.1. The monoisotopic (exact) mass is 572 g/mol. The number of benzene rings is 2. The number of aryl methyl sites for hydroxylation is 1. The molecule has 2 atom stereocenters. The number of rotatable bonds is 10. The highest BCUT2D eigenvalue weighted by atomic mass is 31.0. The third-order valence-electron chi connectivity index (χ3n) is 7.35. The molecular weight excluding hydrogens is 529 g/mol. The molecule has 0 saturated heterocycles. The first kappa shape index (κ1) is 32.5. The normalized spacial score (nSPS) is 12.2. The van der Waals surface area contributed by atoms with Crippen LogP contribution in [0.1, 0.15) is 70.7 Å². The van der Waals surface area contributed by atoms with Crippen molar-refractivity contribution in [2.45, 2.75) is 79.9 Å². The molecule has 0 saturated carbocycles. The van der Waals surface area contributed by atoms with Crippen molar-refractivity contribution in [3.8, 4) is 22.4 Å². The van der Waals surface area contributed by atoms with E-state index in [0.717, 1.165) is 52.3 Å². The lowest BCUT2D eigenvalue weighted by Crippen LogP contribution is -2.39. The molecule has 41 heavy (non-hydrogen) atoms. The highest BCUT2D eigenvalue weighted by Gasteiger charge is 2.26. The molecular formula is C34H43BFN2O2P. The average molecular weight is 573 g/mol. The first-order chi connectivity index (χ1) is 19.2. The van der Waals surface area contributed by atoms with E-state index in [1.807, 2.05) is 64.1 Å². The zero-order valence-corrected chi connectivity index (χ0v) is 26.8. The van der Waals surface area contributed by atoms with Gasteiger partial charge in [0.15, 0.2) is 0 Å². The number of hydrogen-bond acceptors (Lipinski definition) is 3. The van der Waals surface area contributed by atoms with Gasteiger partial charge >= 0.3 is 6.09 Å². The molecule has 216 valence electrons. The fraction of sp³-hybridized carbons (Fsp3) is 0.412. The predicted octanol–water partition coefficient (Wildman–Crippen LogP) is 7.59. The summed E-state index contributed by atoms with van der Waals surface area (Å²) in [4.78, 5) is 19.6. The van der Waals surface area contributed by atoms with E-state index in [-0.39, 0.29) is 12.5 Å². The van der Waals surface area contributed by atoms with Crippen molar-refractivity contribution in [2.24, 2.45) is 5.92 Å². The second kappa shape index (κ2) is 13.8. The highest BCUT2D eigenvalue weighted by molar-refractivity contribution is 7.28. The number of halogens is 1. The number of ether oxygens (including phenoxy) is 1. The molecule has 0 fully saturated rings. The maximum Gasteiger partial charge on any atom is 0.410 e. The van der Waals surface area contributed by atoms with Gasteiger partial charge in [0.05, 0.1) is 12.2 Å². The maximum atomic E-state index is 15.8. The fourth-order valence-corrected chi connectivity index (χ4v) is 5.27. The lowest BCUT2D eigenvalue weighted by atomic mass is 9.86. The Morgan fingerprint density at radius 3 is 2.41 bits per heavy atom. The zero-order chi connectivity index (χ0) is 30.5. The van der Waals surface area contributed by atoms with Crippen molar-refractivity contribution in [3.05, 3.63) is 77.3 Å². The minimum Gasteiger partial charge on any atom is -0.444 e. The molecule has 0 spiro atoms. The van der Waals surface area contributed by atoms with Gasteiger partial charge < -0.3 is 9.64 Å². The Morgan fingerprint density at radius 2 is 1.78 bits per heavy atom. The summed E-state index contributed by atoms with van der Waals surface area (Å²) >= 11 is 0. The van der Waals surface area contributed by atoms with E-state index >= 15 is 4.39 Å². The van der Waals surface area contributed by atoms with Gasteiger partial charge in [-0.25, -0.2) is 9.18 Å². The average Bonchev–Trinajstić information content (AvgIpc) is 2.89. The van der Waals surface area contributed by atoms with E-state index in [9.17, 15) is 4.79 Å². The van der Waals surface area contributed by atoms with Crippen molar-refractivity contribution in [1.29, 1.82) is 0 Å². The van der Waals surface area contributed by atoms with Crippen LogP contribution in [-0.2, 0) is 11.3 Å². The molecule has 3 rings (SSSR count). The molecule has 1 amide bonds. The third-order valence-corrected chi connectivity index (χ3v) is 7.97. The smallest absolute Gasteiger partial charge is 0.410 e. The minimum atomic E-state index is -0.660. The Morgan fingerprint density at radius 1 is 1.15 bits per heavy atom. The largest absolute Gasteiger partial charge is 0.444 e. The van der Waals surface area contributed by atoms with Gasteiger partial charge in [-0.15, -0.1) is 9.24 Å². The van der Waals surface area contributed by atoms with Gasteiger partial charge in [0.1, 0.15) is 19.3 Å². The maximum absolute atomic E-state index is 15.8. The lowest BCUT2D eigenvalue weighted by molar-refractivity contribution is 0.0202. The van der Waals surface area contributed by atoms with Gasteiger partial charge in [-0.05, 0) is 76.2 Å². The summed E-state index contributed by atoms with van der Waals surface area (Å²) in [6, 6.07) is 13.2. The van der Waals surface area contributed by atoms with E-state index in [1.54, 1.807) is 11.8 Å². The summed E-state index contributed by atoms with van der Waals surface area (Å²) in [5.41, 5.74) is 6.54. The van der Waals surface area contributed by atoms with Crippen molar-refractivity contribution in [2.75, 3.05) is 6.54 Å². The van der Waals surface area contributed by atoms with E-state index in [2.05, 4.69) is 29.7 Å². The molecule has 0 N–H and O–H groups in total. The van der Waals surface area contributed by atoms with Crippen molar-refractivity contribution < 1.29 is 13.9 Å². The van der Waals surface area contributed by atoms with Crippen LogP contribution >= 0.6 is 9.24 Å². The molecule has 0 aliphatic carbocycles. The summed E-state index contributed by atoms with van der Waals surface area (Å²) in [5.74, 6) is -0.206. The molecule has 0 aliphatic heterocycles. The highest BCUT2D eigenvalue weighted by Crippen LogP contribution is 2.29.